The van der Waals surface area contributed by atoms with Crippen molar-refractivity contribution in [2.75, 3.05) is 33.4 Å². The summed E-state index contributed by atoms with van der Waals surface area (Å²) >= 11 is 0. The number of hydrogen-bond acceptors (Lipinski definition) is 4. The number of rotatable bonds is 10. The van der Waals surface area contributed by atoms with Crippen molar-refractivity contribution in [3.8, 4) is 5.75 Å². The molecule has 0 aliphatic carbocycles. The van der Waals surface area contributed by atoms with Crippen molar-refractivity contribution in [1.29, 1.82) is 0 Å². The van der Waals surface area contributed by atoms with Gasteiger partial charge in [0, 0.05) is 19.7 Å². The quantitative estimate of drug-likeness (QED) is 0.649. The van der Waals surface area contributed by atoms with Crippen molar-refractivity contribution in [3.05, 3.63) is 29.8 Å². The van der Waals surface area contributed by atoms with Crippen LogP contribution in [0.5, 0.6) is 5.75 Å². The highest BCUT2D eigenvalue weighted by molar-refractivity contribution is 5.80. The molecule has 1 saturated heterocycles. The Labute approximate surface area is 158 Å². The molecule has 1 unspecified atom stereocenters. The van der Waals surface area contributed by atoms with Crippen LogP contribution in [0.15, 0.2) is 24.3 Å². The van der Waals surface area contributed by atoms with E-state index in [4.69, 9.17) is 9.47 Å². The van der Waals surface area contributed by atoms with Gasteiger partial charge in [0.2, 0.25) is 5.91 Å². The van der Waals surface area contributed by atoms with Crippen LogP contribution < -0.4 is 10.1 Å². The minimum Gasteiger partial charge on any atom is -0.497 e. The summed E-state index contributed by atoms with van der Waals surface area (Å²) in [6.45, 7) is 8.51. The molecule has 26 heavy (non-hydrogen) atoms. The molecule has 1 fully saturated rings. The highest BCUT2D eigenvalue weighted by atomic mass is 16.5. The molecule has 1 heterocycles. The van der Waals surface area contributed by atoms with E-state index in [9.17, 15) is 4.79 Å². The van der Waals surface area contributed by atoms with Gasteiger partial charge in [-0.3, -0.25) is 9.69 Å². The lowest BCUT2D eigenvalue weighted by molar-refractivity contribution is -0.132. The molecule has 1 aliphatic rings. The molecule has 0 spiro atoms. The predicted octanol–water partition coefficient (Wildman–Crippen LogP) is 3.23. The van der Waals surface area contributed by atoms with Crippen LogP contribution in [0.25, 0.3) is 0 Å². The Hall–Kier alpha value is -1.59. The van der Waals surface area contributed by atoms with Crippen molar-refractivity contribution in [3.63, 3.8) is 0 Å². The van der Waals surface area contributed by atoms with E-state index in [-0.39, 0.29) is 12.0 Å². The molecule has 2 rings (SSSR count). The van der Waals surface area contributed by atoms with Crippen LogP contribution in [0.3, 0.4) is 0 Å². The SMILES string of the molecule is CCCCOC(C)C(=O)NCC1CCN(Cc2ccc(OC)cc2)CC1. The summed E-state index contributed by atoms with van der Waals surface area (Å²) in [6, 6.07) is 8.29. The van der Waals surface area contributed by atoms with Crippen LogP contribution in [0, 0.1) is 5.92 Å². The third-order valence-electron chi connectivity index (χ3n) is 5.07. The van der Waals surface area contributed by atoms with E-state index in [1.165, 1.54) is 5.56 Å². The summed E-state index contributed by atoms with van der Waals surface area (Å²) in [6.07, 6.45) is 3.99. The predicted molar refractivity (Wildman–Crippen MR) is 104 cm³/mol. The number of nitrogens with one attached hydrogen (secondary N) is 1. The molecule has 0 aromatic heterocycles. The number of carbonyl (C=O) groups is 1. The normalized spacial score (nSPS) is 17.0. The Bertz CT molecular complexity index is 525. The van der Waals surface area contributed by atoms with E-state index in [1.807, 2.05) is 19.1 Å². The van der Waals surface area contributed by atoms with Crippen molar-refractivity contribution >= 4 is 5.91 Å². The second-order valence-electron chi connectivity index (χ2n) is 7.18. The topological polar surface area (TPSA) is 50.8 Å². The fourth-order valence-electron chi connectivity index (χ4n) is 3.21. The summed E-state index contributed by atoms with van der Waals surface area (Å²) in [5.41, 5.74) is 1.32. The van der Waals surface area contributed by atoms with Gasteiger partial charge in [0.25, 0.3) is 0 Å². The lowest BCUT2D eigenvalue weighted by atomic mass is 9.96. The maximum atomic E-state index is 12.1. The first kappa shape index (κ1) is 20.7. The van der Waals surface area contributed by atoms with Gasteiger partial charge in [-0.2, -0.15) is 0 Å². The van der Waals surface area contributed by atoms with E-state index in [1.54, 1.807) is 7.11 Å². The van der Waals surface area contributed by atoms with Crippen molar-refractivity contribution in [2.24, 2.45) is 5.92 Å². The smallest absolute Gasteiger partial charge is 0.248 e. The van der Waals surface area contributed by atoms with Crippen LogP contribution in [-0.2, 0) is 16.1 Å². The Kier molecular flexibility index (Phi) is 8.92. The first-order valence-electron chi connectivity index (χ1n) is 9.87. The van der Waals surface area contributed by atoms with Gasteiger partial charge in [0.15, 0.2) is 0 Å². The van der Waals surface area contributed by atoms with Gasteiger partial charge < -0.3 is 14.8 Å². The number of methoxy groups -OCH3 is 1. The lowest BCUT2D eigenvalue weighted by Gasteiger charge is -2.32. The molecule has 0 radical (unpaired) electrons. The molecule has 0 bridgehead atoms. The van der Waals surface area contributed by atoms with E-state index < -0.39 is 0 Å². The molecule has 1 N–H and O–H groups in total. The van der Waals surface area contributed by atoms with Crippen LogP contribution in [0.4, 0.5) is 0 Å². The number of unbranched alkanes of at least 4 members (excludes halogenated alkanes) is 1. The van der Waals surface area contributed by atoms with E-state index in [2.05, 4.69) is 29.3 Å². The number of likely N-dealkylation sites (tertiary alicyclic amines) is 1. The number of amides is 1. The maximum absolute atomic E-state index is 12.1. The zero-order chi connectivity index (χ0) is 18.8. The van der Waals surface area contributed by atoms with Gasteiger partial charge in [-0.25, -0.2) is 0 Å². The monoisotopic (exact) mass is 362 g/mol. The standard InChI is InChI=1S/C21H34N2O3/c1-4-5-14-26-17(2)21(24)22-15-18-10-12-23(13-11-18)16-19-6-8-20(25-3)9-7-19/h6-9,17-18H,4-5,10-16H2,1-3H3,(H,22,24). The maximum Gasteiger partial charge on any atom is 0.248 e. The van der Waals surface area contributed by atoms with Crippen LogP contribution >= 0.6 is 0 Å². The second-order valence-corrected chi connectivity index (χ2v) is 7.18. The summed E-state index contributed by atoms with van der Waals surface area (Å²) in [5, 5.41) is 3.06. The second kappa shape index (κ2) is 11.2. The van der Waals surface area contributed by atoms with Gasteiger partial charge in [-0.05, 0) is 62.9 Å². The molecule has 5 heteroatoms. The zero-order valence-corrected chi connectivity index (χ0v) is 16.5. The molecule has 1 amide bonds. The minimum atomic E-state index is -0.350. The van der Waals surface area contributed by atoms with Gasteiger partial charge in [-0.1, -0.05) is 25.5 Å². The van der Waals surface area contributed by atoms with Gasteiger partial charge in [-0.15, -0.1) is 0 Å². The summed E-state index contributed by atoms with van der Waals surface area (Å²) < 4.78 is 10.8. The van der Waals surface area contributed by atoms with Crippen LogP contribution in [0.2, 0.25) is 0 Å². The Morgan fingerprint density at radius 3 is 2.58 bits per heavy atom. The number of carbonyl (C=O) groups excluding carboxylic acids is 1. The number of piperidine rings is 1. The molecular weight excluding hydrogens is 328 g/mol. The number of nitrogens with zero attached hydrogens (tertiary/aromatic N) is 1. The average Bonchev–Trinajstić information content (AvgIpc) is 2.68. The van der Waals surface area contributed by atoms with Crippen molar-refractivity contribution in [2.45, 2.75) is 52.2 Å². The van der Waals surface area contributed by atoms with Crippen LogP contribution in [-0.4, -0.2) is 50.3 Å². The summed E-state index contributed by atoms with van der Waals surface area (Å²) in [4.78, 5) is 14.6. The molecular formula is C21H34N2O3. The van der Waals surface area contributed by atoms with Crippen molar-refractivity contribution in [1.82, 2.24) is 10.2 Å². The first-order valence-corrected chi connectivity index (χ1v) is 9.87. The highest BCUT2D eigenvalue weighted by Gasteiger charge is 2.21. The number of benzene rings is 1. The molecule has 1 aliphatic heterocycles. The van der Waals surface area contributed by atoms with Crippen molar-refractivity contribution < 1.29 is 14.3 Å². The van der Waals surface area contributed by atoms with Crippen LogP contribution in [0.1, 0.15) is 45.1 Å². The van der Waals surface area contributed by atoms with Gasteiger partial charge in [0.05, 0.1) is 7.11 Å². The Morgan fingerprint density at radius 2 is 1.96 bits per heavy atom. The van der Waals surface area contributed by atoms with Gasteiger partial charge >= 0.3 is 0 Å². The van der Waals surface area contributed by atoms with E-state index >= 15 is 0 Å². The molecule has 1 aromatic rings. The minimum absolute atomic E-state index is 0.0155. The van der Waals surface area contributed by atoms with Gasteiger partial charge in [0.1, 0.15) is 11.9 Å². The number of hydrogen-bond donors (Lipinski definition) is 1. The zero-order valence-electron chi connectivity index (χ0n) is 16.5. The molecule has 0 saturated carbocycles. The first-order chi connectivity index (χ1) is 12.6. The number of ether oxygens (including phenoxy) is 2. The third kappa shape index (κ3) is 6.96. The van der Waals surface area contributed by atoms with E-state index in [0.717, 1.165) is 57.6 Å². The molecule has 1 atom stereocenters. The largest absolute Gasteiger partial charge is 0.497 e. The highest BCUT2D eigenvalue weighted by Crippen LogP contribution is 2.19. The van der Waals surface area contributed by atoms with E-state index in [0.29, 0.717) is 12.5 Å². The fourth-order valence-corrected chi connectivity index (χ4v) is 3.21. The Morgan fingerprint density at radius 1 is 1.27 bits per heavy atom. The summed E-state index contributed by atoms with van der Waals surface area (Å²) in [5.74, 6) is 1.48. The Balaban J connectivity index is 1.64. The molecule has 146 valence electrons. The summed E-state index contributed by atoms with van der Waals surface area (Å²) in [7, 11) is 1.69. The average molecular weight is 363 g/mol. The lowest BCUT2D eigenvalue weighted by Crippen LogP contribution is -2.41. The molecule has 1 aromatic carbocycles. The third-order valence-corrected chi connectivity index (χ3v) is 5.07. The fraction of sp³-hybridized carbons (Fsp3) is 0.667. The molecule has 5 nitrogen and oxygen atoms in total.